The molecule has 0 radical (unpaired) electrons. The summed E-state index contributed by atoms with van der Waals surface area (Å²) in [6, 6.07) is 6.01. The van der Waals surface area contributed by atoms with Gasteiger partial charge in [-0.1, -0.05) is 31.9 Å². The number of nitriles is 1. The summed E-state index contributed by atoms with van der Waals surface area (Å²) in [6.07, 6.45) is 2.87. The Hall–Kier alpha value is -1.09. The number of halogens is 1. The number of hydrogen-bond donors (Lipinski definition) is 1. The molecule has 1 atom stereocenters. The second kappa shape index (κ2) is 5.36. The van der Waals surface area contributed by atoms with Gasteiger partial charge in [0.05, 0.1) is 15.5 Å². The van der Waals surface area contributed by atoms with Gasteiger partial charge in [0.15, 0.2) is 0 Å². The molecule has 1 N–H and O–H groups in total. The van der Waals surface area contributed by atoms with Gasteiger partial charge in [0.2, 0.25) is 10.0 Å². The third kappa shape index (κ3) is 2.98. The van der Waals surface area contributed by atoms with Gasteiger partial charge in [-0.05, 0) is 36.5 Å². The summed E-state index contributed by atoms with van der Waals surface area (Å²) in [5, 5.41) is 8.96. The van der Waals surface area contributed by atoms with Gasteiger partial charge >= 0.3 is 0 Å². The molecule has 1 saturated carbocycles. The van der Waals surface area contributed by atoms with E-state index >= 15 is 0 Å². The number of nitrogens with one attached hydrogen (secondary N) is 1. The Bertz CT molecular complexity index is 662. The summed E-state index contributed by atoms with van der Waals surface area (Å²) in [5.41, 5.74) is 0.232. The van der Waals surface area contributed by atoms with Gasteiger partial charge in [-0.25, -0.2) is 13.1 Å². The van der Waals surface area contributed by atoms with Crippen molar-refractivity contribution >= 4 is 21.6 Å². The average molecular weight is 313 g/mol. The number of sulfonamides is 1. The Kier molecular flexibility index (Phi) is 4.10. The maximum atomic E-state index is 12.4. The van der Waals surface area contributed by atoms with Crippen LogP contribution in [-0.4, -0.2) is 14.5 Å². The van der Waals surface area contributed by atoms with Crippen molar-refractivity contribution in [1.29, 1.82) is 5.26 Å². The van der Waals surface area contributed by atoms with E-state index in [1.54, 1.807) is 0 Å². The lowest BCUT2D eigenvalue weighted by atomic mass is 9.88. The lowest BCUT2D eigenvalue weighted by molar-refractivity contribution is 0.313. The van der Waals surface area contributed by atoms with E-state index in [1.165, 1.54) is 18.2 Å². The highest BCUT2D eigenvalue weighted by Crippen LogP contribution is 2.38. The Balaban J connectivity index is 2.27. The molecule has 20 heavy (non-hydrogen) atoms. The summed E-state index contributed by atoms with van der Waals surface area (Å²) >= 11 is 5.89. The van der Waals surface area contributed by atoms with Gasteiger partial charge in [-0.3, -0.25) is 0 Å². The maximum Gasteiger partial charge on any atom is 0.240 e. The molecule has 1 fully saturated rings. The molecule has 1 aliphatic rings. The molecule has 1 unspecified atom stereocenters. The van der Waals surface area contributed by atoms with Crippen molar-refractivity contribution in [3.8, 4) is 6.07 Å². The highest BCUT2D eigenvalue weighted by Gasteiger charge is 2.37. The molecule has 1 aromatic carbocycles. The second-order valence-electron chi connectivity index (χ2n) is 5.81. The zero-order valence-electron chi connectivity index (χ0n) is 11.5. The fourth-order valence-electron chi connectivity index (χ4n) is 2.55. The fourth-order valence-corrected chi connectivity index (χ4v) is 4.31. The van der Waals surface area contributed by atoms with Crippen molar-refractivity contribution in [2.24, 2.45) is 5.41 Å². The van der Waals surface area contributed by atoms with Crippen LogP contribution in [0.1, 0.15) is 38.7 Å². The Labute approximate surface area is 124 Å². The smallest absolute Gasteiger partial charge is 0.208 e. The Morgan fingerprint density at radius 3 is 2.65 bits per heavy atom. The highest BCUT2D eigenvalue weighted by molar-refractivity contribution is 7.89. The molecule has 0 amide bonds. The number of rotatable bonds is 3. The molecule has 2 rings (SSSR count). The molecule has 0 heterocycles. The van der Waals surface area contributed by atoms with Gasteiger partial charge in [0, 0.05) is 6.04 Å². The standard InChI is InChI=1S/C14H17ClN2O2S/c1-14(2)7-3-4-13(14)17-20(18,19)11-6-5-10(9-16)12(15)8-11/h5-6,8,13,17H,3-4,7H2,1-2H3. The van der Waals surface area contributed by atoms with E-state index in [2.05, 4.69) is 18.6 Å². The molecule has 0 aromatic heterocycles. The number of hydrogen-bond acceptors (Lipinski definition) is 3. The molecule has 0 saturated heterocycles. The first-order valence-electron chi connectivity index (χ1n) is 6.48. The predicted octanol–water partition coefficient (Wildman–Crippen LogP) is 3.07. The van der Waals surface area contributed by atoms with Gasteiger partial charge in [-0.15, -0.1) is 0 Å². The van der Waals surface area contributed by atoms with Gasteiger partial charge in [0.25, 0.3) is 0 Å². The predicted molar refractivity (Wildman–Crippen MR) is 77.9 cm³/mol. The summed E-state index contributed by atoms with van der Waals surface area (Å²) in [6.45, 7) is 4.14. The van der Waals surface area contributed by atoms with Crippen LogP contribution >= 0.6 is 11.6 Å². The van der Waals surface area contributed by atoms with Gasteiger partial charge in [-0.2, -0.15) is 5.26 Å². The number of nitrogens with zero attached hydrogens (tertiary/aromatic N) is 1. The normalized spacial score (nSPS) is 21.6. The molecule has 1 aromatic rings. The molecule has 0 spiro atoms. The number of benzene rings is 1. The average Bonchev–Trinajstić information content (AvgIpc) is 2.68. The summed E-state index contributed by atoms with van der Waals surface area (Å²) < 4.78 is 27.5. The van der Waals surface area contributed by atoms with Crippen LogP contribution in [0.5, 0.6) is 0 Å². The summed E-state index contributed by atoms with van der Waals surface area (Å²) in [5.74, 6) is 0. The molecule has 108 valence electrons. The van der Waals surface area contributed by atoms with Crippen molar-refractivity contribution in [3.05, 3.63) is 28.8 Å². The summed E-state index contributed by atoms with van der Waals surface area (Å²) in [7, 11) is -3.61. The van der Waals surface area contributed by atoms with E-state index in [-0.39, 0.29) is 26.9 Å². The highest BCUT2D eigenvalue weighted by atomic mass is 35.5. The lowest BCUT2D eigenvalue weighted by Gasteiger charge is -2.27. The third-order valence-electron chi connectivity index (χ3n) is 3.93. The molecule has 0 bridgehead atoms. The van der Waals surface area contributed by atoms with Gasteiger partial charge < -0.3 is 0 Å². The fraction of sp³-hybridized carbons (Fsp3) is 0.500. The SMILES string of the molecule is CC1(C)CCCC1NS(=O)(=O)c1ccc(C#N)c(Cl)c1. The molecule has 6 heteroatoms. The van der Waals surface area contributed by atoms with Crippen molar-refractivity contribution in [2.75, 3.05) is 0 Å². The minimum Gasteiger partial charge on any atom is -0.208 e. The van der Waals surface area contributed by atoms with Crippen molar-refractivity contribution < 1.29 is 8.42 Å². The van der Waals surface area contributed by atoms with Gasteiger partial charge in [0.1, 0.15) is 6.07 Å². The van der Waals surface area contributed by atoms with Crippen molar-refractivity contribution in [2.45, 2.75) is 44.0 Å². The van der Waals surface area contributed by atoms with E-state index in [1.807, 2.05) is 6.07 Å². The maximum absolute atomic E-state index is 12.4. The third-order valence-corrected chi connectivity index (χ3v) is 5.71. The second-order valence-corrected chi connectivity index (χ2v) is 7.93. The zero-order chi connectivity index (χ0) is 15.0. The first-order chi connectivity index (χ1) is 9.26. The van der Waals surface area contributed by atoms with Crippen LogP contribution in [-0.2, 0) is 10.0 Å². The first-order valence-corrected chi connectivity index (χ1v) is 8.34. The topological polar surface area (TPSA) is 70.0 Å². The van der Waals surface area contributed by atoms with E-state index in [0.29, 0.717) is 0 Å². The van der Waals surface area contributed by atoms with E-state index in [0.717, 1.165) is 19.3 Å². The van der Waals surface area contributed by atoms with Crippen LogP contribution in [0.3, 0.4) is 0 Å². The van der Waals surface area contributed by atoms with Crippen LogP contribution in [0.15, 0.2) is 23.1 Å². The first kappa shape index (κ1) is 15.3. The molecule has 0 aliphatic heterocycles. The van der Waals surface area contributed by atoms with E-state index in [9.17, 15) is 8.42 Å². The Morgan fingerprint density at radius 2 is 2.15 bits per heavy atom. The minimum absolute atomic E-state index is 0.0382. The molecule has 1 aliphatic carbocycles. The van der Waals surface area contributed by atoms with E-state index < -0.39 is 10.0 Å². The minimum atomic E-state index is -3.61. The van der Waals surface area contributed by atoms with Crippen LogP contribution in [0, 0.1) is 16.7 Å². The van der Waals surface area contributed by atoms with Crippen molar-refractivity contribution in [1.82, 2.24) is 4.72 Å². The molecular formula is C14H17ClN2O2S. The molecular weight excluding hydrogens is 296 g/mol. The Morgan fingerprint density at radius 1 is 1.45 bits per heavy atom. The zero-order valence-corrected chi connectivity index (χ0v) is 13.1. The largest absolute Gasteiger partial charge is 0.240 e. The lowest BCUT2D eigenvalue weighted by Crippen LogP contribution is -2.41. The quantitative estimate of drug-likeness (QED) is 0.932. The monoisotopic (exact) mass is 312 g/mol. The van der Waals surface area contributed by atoms with Crippen LogP contribution in [0.4, 0.5) is 0 Å². The van der Waals surface area contributed by atoms with E-state index in [4.69, 9.17) is 16.9 Å². The molecule has 4 nitrogen and oxygen atoms in total. The summed E-state index contributed by atoms with van der Waals surface area (Å²) in [4.78, 5) is 0.101. The van der Waals surface area contributed by atoms with Crippen LogP contribution < -0.4 is 4.72 Å². The van der Waals surface area contributed by atoms with Crippen LogP contribution in [0.2, 0.25) is 5.02 Å². The van der Waals surface area contributed by atoms with Crippen molar-refractivity contribution in [3.63, 3.8) is 0 Å². The van der Waals surface area contributed by atoms with Crippen LogP contribution in [0.25, 0.3) is 0 Å².